The fourth-order valence-electron chi connectivity index (χ4n) is 5.08. The number of aromatic amines is 1. The number of alkyl carbamates (subject to hydrolysis) is 1. The maximum atomic E-state index is 12.9. The highest BCUT2D eigenvalue weighted by Gasteiger charge is 2.28. The number of nitrogens with one attached hydrogen (secondary N) is 2. The molecule has 2 amide bonds. The lowest BCUT2D eigenvalue weighted by Gasteiger charge is -2.30. The Morgan fingerprint density at radius 2 is 1.94 bits per heavy atom. The van der Waals surface area contributed by atoms with E-state index < -0.39 is 11.7 Å². The normalized spacial score (nSPS) is 18.0. The molecule has 2 N–H and O–H groups in total. The molecule has 1 fully saturated rings. The molecule has 33 heavy (non-hydrogen) atoms. The zero-order chi connectivity index (χ0) is 23.4. The Labute approximate surface area is 196 Å². The van der Waals surface area contributed by atoms with Crippen LogP contribution in [0.15, 0.2) is 24.3 Å². The van der Waals surface area contributed by atoms with Gasteiger partial charge in [0.05, 0.1) is 12.6 Å². The van der Waals surface area contributed by atoms with Crippen molar-refractivity contribution in [3.8, 4) is 0 Å². The number of fused-ring (bicyclic) bond motifs is 3. The topological polar surface area (TPSA) is 83.7 Å². The van der Waals surface area contributed by atoms with Crippen molar-refractivity contribution in [2.24, 2.45) is 5.92 Å². The minimum Gasteiger partial charge on any atom is -0.447 e. The number of para-hydroxylation sites is 1. The van der Waals surface area contributed by atoms with Crippen LogP contribution in [0.3, 0.4) is 0 Å². The van der Waals surface area contributed by atoms with Crippen molar-refractivity contribution in [3.05, 3.63) is 35.5 Å². The molecule has 0 saturated heterocycles. The first-order valence-electron chi connectivity index (χ1n) is 12.3. The van der Waals surface area contributed by atoms with E-state index >= 15 is 0 Å². The van der Waals surface area contributed by atoms with E-state index in [9.17, 15) is 9.59 Å². The monoisotopic (exact) mass is 455 g/mol. The lowest BCUT2D eigenvalue weighted by Crippen LogP contribution is -2.44. The average molecular weight is 456 g/mol. The number of amides is 2. The average Bonchev–Trinajstić information content (AvgIpc) is 3.14. The number of hydrogen-bond acceptors (Lipinski definition) is 4. The number of H-pyrrole nitrogens is 1. The molecule has 0 bridgehead atoms. The van der Waals surface area contributed by atoms with Gasteiger partial charge in [0.15, 0.2) is 0 Å². The van der Waals surface area contributed by atoms with E-state index in [2.05, 4.69) is 22.4 Å². The molecule has 1 aliphatic carbocycles. The van der Waals surface area contributed by atoms with Crippen LogP contribution in [0, 0.1) is 5.92 Å². The van der Waals surface area contributed by atoms with Crippen LogP contribution in [0.2, 0.25) is 0 Å². The summed E-state index contributed by atoms with van der Waals surface area (Å²) < 4.78 is 11.2. The Morgan fingerprint density at radius 1 is 1.18 bits per heavy atom. The third-order valence-electron chi connectivity index (χ3n) is 6.61. The molecule has 2 aromatic rings. The van der Waals surface area contributed by atoms with Crippen molar-refractivity contribution in [2.75, 3.05) is 13.2 Å². The zero-order valence-electron chi connectivity index (χ0n) is 20.1. The first-order chi connectivity index (χ1) is 15.8. The van der Waals surface area contributed by atoms with Gasteiger partial charge in [-0.1, -0.05) is 50.3 Å². The van der Waals surface area contributed by atoms with Crippen molar-refractivity contribution in [1.82, 2.24) is 15.2 Å². The van der Waals surface area contributed by atoms with Crippen molar-refractivity contribution < 1.29 is 19.1 Å². The van der Waals surface area contributed by atoms with Gasteiger partial charge in [0, 0.05) is 23.1 Å². The highest BCUT2D eigenvalue weighted by Crippen LogP contribution is 2.29. The fraction of sp³-hybridized carbons (Fsp3) is 0.615. The SMILES string of the molecule is CC(C)(C)OC(=O)NC(COC(=O)N1CCc2c([nH]c3ccccc23)C1)CC1CCCCC1. The molecular formula is C26H37N3O4. The molecule has 0 spiro atoms. The molecule has 1 atom stereocenters. The number of aromatic nitrogens is 1. The third kappa shape index (κ3) is 6.21. The Hall–Kier alpha value is -2.70. The number of hydrogen-bond donors (Lipinski definition) is 2. The van der Waals surface area contributed by atoms with Crippen LogP contribution in [0.25, 0.3) is 10.9 Å². The number of rotatable bonds is 5. The van der Waals surface area contributed by atoms with Crippen LogP contribution < -0.4 is 5.32 Å². The number of nitrogens with zero attached hydrogens (tertiary/aromatic N) is 1. The first-order valence-corrected chi connectivity index (χ1v) is 12.3. The molecule has 7 heteroatoms. The number of carbonyl (C=O) groups is 2. The zero-order valence-corrected chi connectivity index (χ0v) is 20.1. The summed E-state index contributed by atoms with van der Waals surface area (Å²) in [4.78, 5) is 30.5. The van der Waals surface area contributed by atoms with Gasteiger partial charge in [-0.2, -0.15) is 0 Å². The summed E-state index contributed by atoms with van der Waals surface area (Å²) in [6.45, 7) is 6.83. The Bertz CT molecular complexity index is 972. The van der Waals surface area contributed by atoms with E-state index in [4.69, 9.17) is 9.47 Å². The lowest BCUT2D eigenvalue weighted by molar-refractivity contribution is 0.0429. The van der Waals surface area contributed by atoms with Gasteiger partial charge in [-0.3, -0.25) is 0 Å². The molecule has 1 aromatic heterocycles. The summed E-state index contributed by atoms with van der Waals surface area (Å²) in [5.41, 5.74) is 2.90. The number of carbonyl (C=O) groups excluding carboxylic acids is 2. The van der Waals surface area contributed by atoms with Crippen molar-refractivity contribution in [2.45, 2.75) is 83.9 Å². The number of benzene rings is 1. The van der Waals surface area contributed by atoms with Gasteiger partial charge in [0.2, 0.25) is 0 Å². The summed E-state index contributed by atoms with van der Waals surface area (Å²) >= 11 is 0. The predicted octanol–water partition coefficient (Wildman–Crippen LogP) is 5.53. The maximum Gasteiger partial charge on any atom is 0.410 e. The maximum absolute atomic E-state index is 12.9. The van der Waals surface area contributed by atoms with E-state index in [0.717, 1.165) is 36.9 Å². The third-order valence-corrected chi connectivity index (χ3v) is 6.61. The largest absolute Gasteiger partial charge is 0.447 e. The molecule has 180 valence electrons. The lowest BCUT2D eigenvalue weighted by atomic mass is 9.85. The van der Waals surface area contributed by atoms with E-state index in [1.165, 1.54) is 30.2 Å². The minimum absolute atomic E-state index is 0.157. The second-order valence-electron chi connectivity index (χ2n) is 10.5. The molecule has 0 radical (unpaired) electrons. The standard InChI is InChI=1S/C26H37N3O4/c1-26(2,3)33-24(30)27-19(15-18-9-5-4-6-10-18)17-32-25(31)29-14-13-21-20-11-7-8-12-22(20)28-23(21)16-29/h7-8,11-12,18-19,28H,4-6,9-10,13-17H2,1-3H3,(H,27,30). The fourth-order valence-corrected chi connectivity index (χ4v) is 5.08. The van der Waals surface area contributed by atoms with Crippen LogP contribution in [0.4, 0.5) is 9.59 Å². The Morgan fingerprint density at radius 3 is 2.70 bits per heavy atom. The van der Waals surface area contributed by atoms with Crippen LogP contribution in [-0.4, -0.2) is 46.9 Å². The molecule has 1 unspecified atom stereocenters. The van der Waals surface area contributed by atoms with Crippen LogP contribution in [0.5, 0.6) is 0 Å². The molecule has 2 heterocycles. The summed E-state index contributed by atoms with van der Waals surface area (Å²) in [6.07, 6.45) is 6.87. The van der Waals surface area contributed by atoms with E-state index in [-0.39, 0.29) is 18.7 Å². The highest BCUT2D eigenvalue weighted by molar-refractivity contribution is 5.85. The second kappa shape index (κ2) is 10.1. The van der Waals surface area contributed by atoms with E-state index in [0.29, 0.717) is 19.0 Å². The predicted molar refractivity (Wildman–Crippen MR) is 128 cm³/mol. The summed E-state index contributed by atoms with van der Waals surface area (Å²) in [7, 11) is 0. The van der Waals surface area contributed by atoms with Gasteiger partial charge in [0.25, 0.3) is 0 Å². The summed E-state index contributed by atoms with van der Waals surface area (Å²) in [5, 5.41) is 4.18. The van der Waals surface area contributed by atoms with Gasteiger partial charge in [-0.15, -0.1) is 0 Å². The van der Waals surface area contributed by atoms with E-state index in [1.54, 1.807) is 4.90 Å². The quantitative estimate of drug-likeness (QED) is 0.621. The smallest absolute Gasteiger partial charge is 0.410 e. The van der Waals surface area contributed by atoms with Gasteiger partial charge in [0.1, 0.15) is 12.2 Å². The number of ether oxygens (including phenoxy) is 2. The molecular weight excluding hydrogens is 418 g/mol. The van der Waals surface area contributed by atoms with Gasteiger partial charge >= 0.3 is 12.2 Å². The van der Waals surface area contributed by atoms with Gasteiger partial charge in [-0.25, -0.2) is 9.59 Å². The molecule has 1 saturated carbocycles. The van der Waals surface area contributed by atoms with Gasteiger partial charge < -0.3 is 24.7 Å². The van der Waals surface area contributed by atoms with E-state index in [1.807, 2.05) is 32.9 Å². The second-order valence-corrected chi connectivity index (χ2v) is 10.5. The summed E-state index contributed by atoms with van der Waals surface area (Å²) in [6, 6.07) is 7.99. The highest BCUT2D eigenvalue weighted by atomic mass is 16.6. The minimum atomic E-state index is -0.568. The molecule has 1 aromatic carbocycles. The molecule has 1 aliphatic heterocycles. The van der Waals surface area contributed by atoms with Crippen LogP contribution in [-0.2, 0) is 22.4 Å². The Balaban J connectivity index is 1.35. The molecule has 7 nitrogen and oxygen atoms in total. The van der Waals surface area contributed by atoms with Crippen molar-refractivity contribution in [1.29, 1.82) is 0 Å². The molecule has 2 aliphatic rings. The van der Waals surface area contributed by atoms with Crippen molar-refractivity contribution in [3.63, 3.8) is 0 Å². The molecule has 4 rings (SSSR count). The van der Waals surface area contributed by atoms with Crippen molar-refractivity contribution >= 4 is 23.1 Å². The Kier molecular flexibility index (Phi) is 7.15. The first kappa shape index (κ1) is 23.5. The summed E-state index contributed by atoms with van der Waals surface area (Å²) in [5.74, 6) is 0.543. The van der Waals surface area contributed by atoms with Gasteiger partial charge in [-0.05, 0) is 51.2 Å². The van der Waals surface area contributed by atoms with Crippen LogP contribution >= 0.6 is 0 Å². The van der Waals surface area contributed by atoms with Crippen LogP contribution in [0.1, 0.15) is 70.6 Å².